The Morgan fingerprint density at radius 1 is 1.00 bits per heavy atom. The van der Waals surface area contributed by atoms with Crippen LogP contribution in [0.1, 0.15) is 33.2 Å². The van der Waals surface area contributed by atoms with Crippen molar-refractivity contribution < 1.29 is 14.4 Å². The highest BCUT2D eigenvalue weighted by molar-refractivity contribution is 6.15. The number of para-hydroxylation sites is 1. The number of rotatable bonds is 4. The number of ketones is 1. The standard InChI is InChI=1S/C16H13NO3/c1-11(19)17-15-13(10-18)8-5-9-14(15)16(20)12-6-3-2-4-7-12/h2-10H,1H3,(H,17,19). The Hall–Kier alpha value is -2.75. The van der Waals surface area contributed by atoms with E-state index in [9.17, 15) is 14.4 Å². The molecule has 1 N–H and O–H groups in total. The second-order valence-electron chi connectivity index (χ2n) is 4.26. The smallest absolute Gasteiger partial charge is 0.221 e. The van der Waals surface area contributed by atoms with Crippen LogP contribution in [0.3, 0.4) is 0 Å². The minimum atomic E-state index is -0.332. The van der Waals surface area contributed by atoms with E-state index in [1.807, 2.05) is 6.07 Å². The van der Waals surface area contributed by atoms with Gasteiger partial charge in [-0.3, -0.25) is 14.4 Å². The summed E-state index contributed by atoms with van der Waals surface area (Å²) in [5.41, 5.74) is 1.34. The van der Waals surface area contributed by atoms with Gasteiger partial charge in [-0.2, -0.15) is 0 Å². The van der Waals surface area contributed by atoms with Gasteiger partial charge < -0.3 is 5.32 Å². The second-order valence-corrected chi connectivity index (χ2v) is 4.26. The summed E-state index contributed by atoms with van der Waals surface area (Å²) < 4.78 is 0. The summed E-state index contributed by atoms with van der Waals surface area (Å²) in [6.45, 7) is 1.33. The van der Waals surface area contributed by atoms with Crippen LogP contribution < -0.4 is 5.32 Å². The molecular weight excluding hydrogens is 254 g/mol. The molecule has 1 amide bonds. The van der Waals surface area contributed by atoms with Crippen molar-refractivity contribution >= 4 is 23.7 Å². The highest BCUT2D eigenvalue weighted by Crippen LogP contribution is 2.23. The van der Waals surface area contributed by atoms with Crippen molar-refractivity contribution in [1.29, 1.82) is 0 Å². The summed E-state index contributed by atoms with van der Waals surface area (Å²) in [7, 11) is 0. The van der Waals surface area contributed by atoms with Gasteiger partial charge >= 0.3 is 0 Å². The Kier molecular flexibility index (Phi) is 4.05. The molecule has 0 heterocycles. The Morgan fingerprint density at radius 2 is 1.70 bits per heavy atom. The summed E-state index contributed by atoms with van der Waals surface area (Å²) >= 11 is 0. The molecule has 0 unspecified atom stereocenters. The SMILES string of the molecule is CC(=O)Nc1c(C=O)cccc1C(=O)c1ccccc1. The van der Waals surface area contributed by atoms with E-state index >= 15 is 0 Å². The summed E-state index contributed by atoms with van der Waals surface area (Å²) in [6, 6.07) is 13.5. The van der Waals surface area contributed by atoms with Crippen LogP contribution in [-0.2, 0) is 4.79 Å². The lowest BCUT2D eigenvalue weighted by atomic mass is 9.99. The maximum atomic E-state index is 12.4. The molecule has 20 heavy (non-hydrogen) atoms. The van der Waals surface area contributed by atoms with Crippen molar-refractivity contribution in [2.24, 2.45) is 0 Å². The van der Waals surface area contributed by atoms with Gasteiger partial charge in [-0.25, -0.2) is 0 Å². The number of benzene rings is 2. The number of aldehydes is 1. The third kappa shape index (κ3) is 2.80. The average molecular weight is 267 g/mol. The minimum Gasteiger partial charge on any atom is -0.325 e. The van der Waals surface area contributed by atoms with Crippen LogP contribution in [0.2, 0.25) is 0 Å². The summed E-state index contributed by atoms with van der Waals surface area (Å²) in [4.78, 5) is 34.8. The van der Waals surface area contributed by atoms with Gasteiger partial charge in [0.05, 0.1) is 5.69 Å². The van der Waals surface area contributed by atoms with Gasteiger partial charge in [0.1, 0.15) is 0 Å². The highest BCUT2D eigenvalue weighted by atomic mass is 16.1. The molecule has 2 aromatic rings. The quantitative estimate of drug-likeness (QED) is 0.684. The molecular formula is C16H13NO3. The van der Waals surface area contributed by atoms with Crippen molar-refractivity contribution in [3.63, 3.8) is 0 Å². The third-order valence-corrected chi connectivity index (χ3v) is 2.81. The summed E-state index contributed by atoms with van der Waals surface area (Å²) in [5, 5.41) is 2.55. The minimum absolute atomic E-state index is 0.238. The first-order valence-corrected chi connectivity index (χ1v) is 6.09. The van der Waals surface area contributed by atoms with Crippen LogP contribution in [0.5, 0.6) is 0 Å². The van der Waals surface area contributed by atoms with Gasteiger partial charge in [0.15, 0.2) is 12.1 Å². The van der Waals surface area contributed by atoms with E-state index in [-0.39, 0.29) is 22.9 Å². The van der Waals surface area contributed by atoms with Gasteiger partial charge in [-0.1, -0.05) is 36.4 Å². The van der Waals surface area contributed by atoms with E-state index < -0.39 is 0 Å². The number of carbonyl (C=O) groups excluding carboxylic acids is 3. The molecule has 2 aromatic carbocycles. The van der Waals surface area contributed by atoms with E-state index in [0.29, 0.717) is 17.4 Å². The van der Waals surface area contributed by atoms with Crippen molar-refractivity contribution in [3.8, 4) is 0 Å². The van der Waals surface area contributed by atoms with Gasteiger partial charge in [0.25, 0.3) is 0 Å². The number of anilines is 1. The maximum Gasteiger partial charge on any atom is 0.221 e. The van der Waals surface area contributed by atoms with E-state index in [1.165, 1.54) is 6.92 Å². The highest BCUT2D eigenvalue weighted by Gasteiger charge is 2.16. The third-order valence-electron chi connectivity index (χ3n) is 2.81. The molecule has 0 atom stereocenters. The molecule has 0 aliphatic carbocycles. The van der Waals surface area contributed by atoms with E-state index in [0.717, 1.165) is 0 Å². The van der Waals surface area contributed by atoms with E-state index in [1.54, 1.807) is 42.5 Å². The Labute approximate surface area is 116 Å². The number of carbonyl (C=O) groups is 3. The Bertz CT molecular complexity index is 663. The van der Waals surface area contributed by atoms with Crippen molar-refractivity contribution in [1.82, 2.24) is 0 Å². The molecule has 0 radical (unpaired) electrons. The lowest BCUT2D eigenvalue weighted by Crippen LogP contribution is -2.13. The molecule has 0 bridgehead atoms. The lowest BCUT2D eigenvalue weighted by molar-refractivity contribution is -0.114. The number of nitrogens with one attached hydrogen (secondary N) is 1. The topological polar surface area (TPSA) is 63.2 Å². The molecule has 0 saturated heterocycles. The molecule has 0 aliphatic heterocycles. The average Bonchev–Trinajstić information content (AvgIpc) is 2.47. The van der Waals surface area contributed by atoms with Gasteiger partial charge in [-0.15, -0.1) is 0 Å². The second kappa shape index (κ2) is 5.93. The fourth-order valence-corrected chi connectivity index (χ4v) is 1.92. The maximum absolute atomic E-state index is 12.4. The number of hydrogen-bond donors (Lipinski definition) is 1. The molecule has 4 nitrogen and oxygen atoms in total. The van der Waals surface area contributed by atoms with Crippen LogP contribution in [-0.4, -0.2) is 18.0 Å². The zero-order valence-electron chi connectivity index (χ0n) is 10.9. The molecule has 100 valence electrons. The van der Waals surface area contributed by atoms with E-state index in [2.05, 4.69) is 5.32 Å². The monoisotopic (exact) mass is 267 g/mol. The molecule has 0 aliphatic rings. The normalized spacial score (nSPS) is 9.85. The molecule has 0 aromatic heterocycles. The van der Waals surface area contributed by atoms with E-state index in [4.69, 9.17) is 0 Å². The van der Waals surface area contributed by atoms with Crippen LogP contribution in [0, 0.1) is 0 Å². The van der Waals surface area contributed by atoms with Crippen LogP contribution in [0.25, 0.3) is 0 Å². The summed E-state index contributed by atoms with van der Waals surface area (Å²) in [6.07, 6.45) is 0.618. The van der Waals surface area contributed by atoms with Crippen LogP contribution >= 0.6 is 0 Å². The molecule has 0 spiro atoms. The molecule has 0 fully saturated rings. The van der Waals surface area contributed by atoms with Crippen LogP contribution in [0.15, 0.2) is 48.5 Å². The first-order valence-electron chi connectivity index (χ1n) is 6.09. The largest absolute Gasteiger partial charge is 0.325 e. The predicted octanol–water partition coefficient (Wildman–Crippen LogP) is 2.69. The van der Waals surface area contributed by atoms with Crippen molar-refractivity contribution in [2.75, 3.05) is 5.32 Å². The Balaban J connectivity index is 2.53. The zero-order chi connectivity index (χ0) is 14.5. The number of hydrogen-bond acceptors (Lipinski definition) is 3. The zero-order valence-corrected chi connectivity index (χ0v) is 10.9. The molecule has 4 heteroatoms. The number of amides is 1. The summed E-state index contributed by atoms with van der Waals surface area (Å²) in [5.74, 6) is -0.570. The van der Waals surface area contributed by atoms with Crippen LogP contribution in [0.4, 0.5) is 5.69 Å². The first kappa shape index (κ1) is 13.7. The first-order chi connectivity index (χ1) is 9.63. The molecule has 0 saturated carbocycles. The van der Waals surface area contributed by atoms with Crippen molar-refractivity contribution in [2.45, 2.75) is 6.92 Å². The lowest BCUT2D eigenvalue weighted by Gasteiger charge is -2.11. The fourth-order valence-electron chi connectivity index (χ4n) is 1.92. The molecule has 2 rings (SSSR count). The Morgan fingerprint density at radius 3 is 2.30 bits per heavy atom. The predicted molar refractivity (Wildman–Crippen MR) is 76.0 cm³/mol. The fraction of sp³-hybridized carbons (Fsp3) is 0.0625. The van der Waals surface area contributed by atoms with Gasteiger partial charge in [0, 0.05) is 23.6 Å². The van der Waals surface area contributed by atoms with Gasteiger partial charge in [0.2, 0.25) is 5.91 Å². The van der Waals surface area contributed by atoms with Gasteiger partial charge in [-0.05, 0) is 12.1 Å². The van der Waals surface area contributed by atoms with Crippen molar-refractivity contribution in [3.05, 3.63) is 65.2 Å².